The number of fused-ring (bicyclic) bond motifs is 19. The second-order valence-corrected chi connectivity index (χ2v) is 19.9. The van der Waals surface area contributed by atoms with Crippen LogP contribution < -0.4 is 0 Å². The number of rotatable bonds is 2. The number of H-pyrrole nitrogens is 1. The van der Waals surface area contributed by atoms with E-state index < -0.39 is 4.30 Å². The smallest absolute Gasteiger partial charge is 0.180 e. The molecular formula is C53H42Cl3N3S2. The number of nitrogens with zero attached hydrogens (tertiary/aromatic N) is 2. The first kappa shape index (κ1) is 41.1. The van der Waals surface area contributed by atoms with Gasteiger partial charge in [0.05, 0.1) is 22.8 Å². The summed E-state index contributed by atoms with van der Waals surface area (Å²) >= 11 is 18.1. The molecule has 0 aliphatic carbocycles. The van der Waals surface area contributed by atoms with Crippen molar-refractivity contribution < 1.29 is 0 Å². The predicted molar refractivity (Wildman–Crippen MR) is 271 cm³/mol. The van der Waals surface area contributed by atoms with Gasteiger partial charge in [0.1, 0.15) is 0 Å². The number of aryl methyl sites for hydroxylation is 6. The van der Waals surface area contributed by atoms with Crippen molar-refractivity contribution in [1.29, 1.82) is 0 Å². The summed E-state index contributed by atoms with van der Waals surface area (Å²) in [5.74, 6) is 0. The van der Waals surface area contributed by atoms with Crippen molar-refractivity contribution in [2.45, 2.75) is 45.8 Å². The Morgan fingerprint density at radius 2 is 0.754 bits per heavy atom. The maximum atomic E-state index is 5.38. The molecule has 0 saturated carbocycles. The minimum absolute atomic E-state index is 0.750. The van der Waals surface area contributed by atoms with E-state index in [9.17, 15) is 0 Å². The van der Waals surface area contributed by atoms with Gasteiger partial charge in [-0.25, -0.2) is 9.97 Å². The van der Waals surface area contributed by atoms with Crippen molar-refractivity contribution >= 4 is 133 Å². The summed E-state index contributed by atoms with van der Waals surface area (Å²) < 4.78 is 4.16. The first-order chi connectivity index (χ1) is 29.4. The van der Waals surface area contributed by atoms with Crippen LogP contribution in [0.4, 0.5) is 0 Å². The molecule has 4 aromatic carbocycles. The lowest BCUT2D eigenvalue weighted by atomic mass is 9.93. The molecule has 0 fully saturated rings. The maximum absolute atomic E-state index is 5.38. The van der Waals surface area contributed by atoms with E-state index in [4.69, 9.17) is 44.8 Å². The van der Waals surface area contributed by atoms with Gasteiger partial charge in [0, 0.05) is 51.7 Å². The Morgan fingerprint density at radius 1 is 0.410 bits per heavy atom. The Bertz CT molecular complexity index is 3120. The van der Waals surface area contributed by atoms with Gasteiger partial charge in [-0.05, 0) is 159 Å². The highest BCUT2D eigenvalue weighted by Crippen LogP contribution is 2.42. The van der Waals surface area contributed by atoms with Crippen LogP contribution in [0.3, 0.4) is 0 Å². The summed E-state index contributed by atoms with van der Waals surface area (Å²) in [6.45, 7) is 13.3. The molecule has 0 amide bonds. The van der Waals surface area contributed by atoms with Crippen LogP contribution in [0.2, 0.25) is 0 Å². The minimum atomic E-state index is -0.750. The normalized spacial score (nSPS) is 12.0. The SMILES string of the molecule is Cc1cc(C)c(-c2c3nc(c4cccc(c4)c4ccc([nH]4)c4cccc(c4)c4nc(c(-c5c(C)cc(C)cc5C)c5ccc(s5)c5ccc2s5)C=C4)C=C3)c(C)c1.ClC(Cl)Cl. The summed E-state index contributed by atoms with van der Waals surface area (Å²) in [5.41, 5.74) is 18.5. The zero-order valence-electron chi connectivity index (χ0n) is 34.6. The summed E-state index contributed by atoms with van der Waals surface area (Å²) in [5, 5.41) is 4.43. The standard InChI is InChI=1S/C52H41N3S2.CHCl3/c1-29-23-31(3)49(32(4)24-29)51-43-17-15-41(54-43)37-11-7-9-35(27-37)39-13-14-40(53-39)36-10-8-12-38(28-36)42-16-18-44(55-42)52(50-33(5)25-30(2)26-34(50)6)48-22-20-46(57-48)45-19-21-47(51)56-45;2-1(3)4/h7-28,53H,1-6H3;1H. The van der Waals surface area contributed by atoms with Crippen molar-refractivity contribution in [3.8, 4) is 22.3 Å². The van der Waals surface area contributed by atoms with Gasteiger partial charge >= 0.3 is 0 Å². The molecule has 8 aromatic rings. The van der Waals surface area contributed by atoms with E-state index in [2.05, 4.69) is 180 Å². The molecule has 0 spiro atoms. The van der Waals surface area contributed by atoms with Crippen LogP contribution in [0.15, 0.2) is 109 Å². The summed E-state index contributed by atoms with van der Waals surface area (Å²) in [6, 6.07) is 40.1. The Labute approximate surface area is 379 Å². The van der Waals surface area contributed by atoms with Gasteiger partial charge < -0.3 is 4.98 Å². The number of alkyl halides is 3. The topological polar surface area (TPSA) is 41.6 Å². The minimum Gasteiger partial charge on any atom is -0.355 e. The molecule has 302 valence electrons. The van der Waals surface area contributed by atoms with Crippen LogP contribution in [-0.4, -0.2) is 19.2 Å². The average Bonchev–Trinajstić information content (AvgIpc) is 4.08. The van der Waals surface area contributed by atoms with E-state index in [0.717, 1.165) is 55.4 Å². The molecular weight excluding hydrogens is 849 g/mol. The highest BCUT2D eigenvalue weighted by molar-refractivity contribution is 7.31. The predicted octanol–water partition coefficient (Wildman–Crippen LogP) is 17.2. The van der Waals surface area contributed by atoms with Crippen LogP contribution in [0.25, 0.3) is 97.9 Å². The van der Waals surface area contributed by atoms with Crippen LogP contribution >= 0.6 is 57.5 Å². The third-order valence-corrected chi connectivity index (χ3v) is 13.6. The fraction of sp³-hybridized carbons (Fsp3) is 0.132. The molecule has 61 heavy (non-hydrogen) atoms. The first-order valence-electron chi connectivity index (χ1n) is 20.1. The van der Waals surface area contributed by atoms with Crippen molar-refractivity contribution in [3.63, 3.8) is 0 Å². The quantitative estimate of drug-likeness (QED) is 0.176. The lowest BCUT2D eigenvalue weighted by Gasteiger charge is -2.13. The van der Waals surface area contributed by atoms with E-state index in [1.165, 1.54) is 74.4 Å². The maximum Gasteiger partial charge on any atom is 0.180 e. The van der Waals surface area contributed by atoms with Gasteiger partial charge in [-0.1, -0.05) is 107 Å². The molecule has 4 aromatic heterocycles. The summed E-state index contributed by atoms with van der Waals surface area (Å²) in [7, 11) is 0. The molecule has 3 nitrogen and oxygen atoms in total. The monoisotopic (exact) mass is 889 g/mol. The number of benzene rings is 4. The van der Waals surface area contributed by atoms with Gasteiger partial charge in [-0.15, -0.1) is 22.7 Å². The van der Waals surface area contributed by atoms with E-state index in [0.29, 0.717) is 0 Å². The van der Waals surface area contributed by atoms with Gasteiger partial charge in [-0.2, -0.15) is 0 Å². The number of aromatic nitrogens is 3. The number of hydrogen-bond donors (Lipinski definition) is 1. The Hall–Kier alpha value is -5.27. The number of aromatic amines is 1. The number of hydrogen-bond acceptors (Lipinski definition) is 4. The van der Waals surface area contributed by atoms with Crippen LogP contribution in [0.1, 0.15) is 56.2 Å². The zero-order chi connectivity index (χ0) is 42.5. The number of halogens is 3. The number of nitrogens with one attached hydrogen (secondary N) is 1. The third-order valence-electron chi connectivity index (χ3n) is 11.2. The lowest BCUT2D eigenvalue weighted by Crippen LogP contribution is -1.92. The fourth-order valence-electron chi connectivity index (χ4n) is 8.86. The van der Waals surface area contributed by atoms with E-state index in [-0.39, 0.29) is 0 Å². The van der Waals surface area contributed by atoms with E-state index >= 15 is 0 Å². The van der Waals surface area contributed by atoms with Crippen molar-refractivity contribution in [1.82, 2.24) is 15.0 Å². The summed E-state index contributed by atoms with van der Waals surface area (Å²) in [4.78, 5) is 14.5. The second-order valence-electron chi connectivity index (χ2n) is 15.8. The molecule has 6 heterocycles. The largest absolute Gasteiger partial charge is 0.355 e. The Balaban J connectivity index is 0.00000114. The second kappa shape index (κ2) is 16.9. The molecule has 10 rings (SSSR count). The van der Waals surface area contributed by atoms with Gasteiger partial charge in [0.15, 0.2) is 4.30 Å². The molecule has 2 aliphatic heterocycles. The van der Waals surface area contributed by atoms with Crippen molar-refractivity contribution in [2.75, 3.05) is 0 Å². The Kier molecular flexibility index (Phi) is 11.4. The highest BCUT2D eigenvalue weighted by atomic mass is 35.6. The molecule has 0 radical (unpaired) electrons. The molecule has 0 saturated heterocycles. The third kappa shape index (κ3) is 8.26. The molecule has 1 N–H and O–H groups in total. The lowest BCUT2D eigenvalue weighted by molar-refractivity contribution is 1.30. The fourth-order valence-corrected chi connectivity index (χ4v) is 11.1. The van der Waals surface area contributed by atoms with Crippen molar-refractivity contribution in [2.24, 2.45) is 0 Å². The van der Waals surface area contributed by atoms with Crippen LogP contribution in [0.5, 0.6) is 0 Å². The molecule has 2 aliphatic rings. The van der Waals surface area contributed by atoms with Gasteiger partial charge in [0.2, 0.25) is 0 Å². The molecule has 14 bridgehead atoms. The van der Waals surface area contributed by atoms with E-state index in [1.807, 2.05) is 22.7 Å². The highest BCUT2D eigenvalue weighted by Gasteiger charge is 2.18. The van der Waals surface area contributed by atoms with Crippen LogP contribution in [-0.2, 0) is 0 Å². The van der Waals surface area contributed by atoms with Gasteiger partial charge in [-0.3, -0.25) is 0 Å². The Morgan fingerprint density at radius 3 is 1.15 bits per heavy atom. The zero-order valence-corrected chi connectivity index (χ0v) is 38.5. The molecule has 0 unspecified atom stereocenters. The van der Waals surface area contributed by atoms with Gasteiger partial charge in [0.25, 0.3) is 0 Å². The van der Waals surface area contributed by atoms with E-state index in [1.54, 1.807) is 0 Å². The average molecular weight is 891 g/mol. The summed E-state index contributed by atoms with van der Waals surface area (Å²) in [6.07, 6.45) is 8.75. The van der Waals surface area contributed by atoms with Crippen LogP contribution in [0, 0.1) is 41.5 Å². The molecule has 0 atom stereocenters. The molecule has 8 heteroatoms. The first-order valence-corrected chi connectivity index (χ1v) is 23.1. The van der Waals surface area contributed by atoms with Crippen molar-refractivity contribution in [3.05, 3.63) is 165 Å². The number of thiophene rings is 2.